The first kappa shape index (κ1) is 20.1. The van der Waals surface area contributed by atoms with E-state index in [0.717, 1.165) is 33.6 Å². The lowest BCUT2D eigenvalue weighted by Crippen LogP contribution is -2.20. The fourth-order valence-electron chi connectivity index (χ4n) is 3.45. The van der Waals surface area contributed by atoms with Gasteiger partial charge in [0.15, 0.2) is 0 Å². The van der Waals surface area contributed by atoms with E-state index < -0.39 is 6.10 Å². The van der Waals surface area contributed by atoms with E-state index in [-0.39, 0.29) is 5.41 Å². The van der Waals surface area contributed by atoms with Crippen LogP contribution in [0, 0.1) is 0 Å². The first-order chi connectivity index (χ1) is 13.2. The van der Waals surface area contributed by atoms with E-state index in [4.69, 9.17) is 14.9 Å². The largest absolute Gasteiger partial charge is 0.497 e. The van der Waals surface area contributed by atoms with E-state index in [9.17, 15) is 5.11 Å². The number of benzene rings is 2. The summed E-state index contributed by atoms with van der Waals surface area (Å²) in [5.41, 5.74) is 5.76. The van der Waals surface area contributed by atoms with Crippen LogP contribution in [0.1, 0.15) is 51.3 Å². The molecule has 3 rings (SSSR count). The van der Waals surface area contributed by atoms with Gasteiger partial charge in [-0.25, -0.2) is 0 Å². The zero-order valence-corrected chi connectivity index (χ0v) is 17.5. The maximum absolute atomic E-state index is 10.2. The number of ether oxygens (including phenoxy) is 1. The van der Waals surface area contributed by atoms with Crippen LogP contribution in [-0.4, -0.2) is 33.3 Å². The molecule has 0 amide bonds. The van der Waals surface area contributed by atoms with Crippen LogP contribution >= 0.6 is 0 Å². The number of aliphatic hydroxyl groups is 1. The number of hydrogen-bond donors (Lipinski definition) is 1. The Kier molecular flexibility index (Phi) is 5.57. The normalized spacial score (nSPS) is 13.4. The second-order valence-corrected chi connectivity index (χ2v) is 8.21. The fourth-order valence-corrected chi connectivity index (χ4v) is 3.45. The summed E-state index contributed by atoms with van der Waals surface area (Å²) in [6.07, 6.45) is 4.19. The number of fused-ring (bicyclic) bond motifs is 1. The van der Waals surface area contributed by atoms with Crippen LogP contribution in [0.3, 0.4) is 0 Å². The van der Waals surface area contributed by atoms with Crippen molar-refractivity contribution in [3.63, 3.8) is 0 Å². The van der Waals surface area contributed by atoms with Gasteiger partial charge in [0.2, 0.25) is 0 Å². The van der Waals surface area contributed by atoms with Crippen molar-refractivity contribution in [1.82, 2.24) is 15.0 Å². The molecule has 1 aromatic heterocycles. The highest BCUT2D eigenvalue weighted by molar-refractivity contribution is 5.76. The Hall–Kier alpha value is -2.66. The molecule has 0 aliphatic heterocycles. The van der Waals surface area contributed by atoms with E-state index in [1.807, 2.05) is 38.1 Å². The molecule has 0 radical (unpaired) electrons. The molecule has 28 heavy (non-hydrogen) atoms. The van der Waals surface area contributed by atoms with Crippen LogP contribution in [0.4, 0.5) is 0 Å². The number of rotatable bonds is 5. The molecule has 0 spiro atoms. The molecule has 0 bridgehead atoms. The highest BCUT2D eigenvalue weighted by atomic mass is 16.5. The van der Waals surface area contributed by atoms with Crippen LogP contribution in [0.15, 0.2) is 36.4 Å². The minimum absolute atomic E-state index is 0.0770. The Morgan fingerprint density at radius 3 is 2.46 bits per heavy atom. The second kappa shape index (κ2) is 7.76. The Bertz CT molecular complexity index is 1010. The molecular formula is C23H29N3O2. The first-order valence-electron chi connectivity index (χ1n) is 9.62. The number of methoxy groups -OCH3 is 1. The summed E-state index contributed by atoms with van der Waals surface area (Å²) in [5.74, 6) is 0.752. The van der Waals surface area contributed by atoms with Crippen LogP contribution in [-0.2, 0) is 11.8 Å². The molecule has 2 aromatic carbocycles. The SMILES string of the molecule is CC=Cc1cc(-n2nc3ccc(OC)cc3n2)c(CC(C)O)c(C(C)(C)C)c1. The predicted octanol–water partition coefficient (Wildman–Crippen LogP) is 4.68. The summed E-state index contributed by atoms with van der Waals surface area (Å²) >= 11 is 0. The second-order valence-electron chi connectivity index (χ2n) is 8.21. The number of hydrogen-bond acceptors (Lipinski definition) is 4. The Labute approximate surface area is 166 Å². The van der Waals surface area contributed by atoms with E-state index >= 15 is 0 Å². The number of aromatic nitrogens is 3. The summed E-state index contributed by atoms with van der Waals surface area (Å²) in [5, 5.41) is 19.6. The maximum atomic E-state index is 10.2. The summed E-state index contributed by atoms with van der Waals surface area (Å²) in [7, 11) is 1.64. The maximum Gasteiger partial charge on any atom is 0.121 e. The van der Waals surface area contributed by atoms with Gasteiger partial charge < -0.3 is 9.84 Å². The average molecular weight is 380 g/mol. The van der Waals surface area contributed by atoms with Crippen molar-refractivity contribution >= 4 is 17.1 Å². The highest BCUT2D eigenvalue weighted by Gasteiger charge is 2.24. The zero-order chi connectivity index (χ0) is 20.5. The van der Waals surface area contributed by atoms with Crippen LogP contribution in [0.2, 0.25) is 0 Å². The minimum Gasteiger partial charge on any atom is -0.497 e. The van der Waals surface area contributed by atoms with Gasteiger partial charge in [-0.15, -0.1) is 10.2 Å². The van der Waals surface area contributed by atoms with Gasteiger partial charge in [0.1, 0.15) is 16.8 Å². The molecular weight excluding hydrogens is 350 g/mol. The summed E-state index contributed by atoms with van der Waals surface area (Å²) in [6.45, 7) is 10.4. The monoisotopic (exact) mass is 379 g/mol. The lowest BCUT2D eigenvalue weighted by molar-refractivity contribution is 0.194. The molecule has 1 N–H and O–H groups in total. The van der Waals surface area contributed by atoms with Gasteiger partial charge in [-0.3, -0.25) is 0 Å². The molecule has 0 aliphatic carbocycles. The molecule has 5 heteroatoms. The predicted molar refractivity (Wildman–Crippen MR) is 114 cm³/mol. The number of nitrogens with zero attached hydrogens (tertiary/aromatic N) is 3. The first-order valence-corrected chi connectivity index (χ1v) is 9.62. The van der Waals surface area contributed by atoms with E-state index in [2.05, 4.69) is 39.0 Å². The van der Waals surface area contributed by atoms with Crippen LogP contribution in [0.5, 0.6) is 5.75 Å². The Balaban J connectivity index is 2.29. The van der Waals surface area contributed by atoms with E-state index in [0.29, 0.717) is 6.42 Å². The van der Waals surface area contributed by atoms with Crippen molar-refractivity contribution in [3.05, 3.63) is 53.1 Å². The molecule has 0 saturated carbocycles. The molecule has 0 aliphatic rings. The van der Waals surface area contributed by atoms with Gasteiger partial charge in [0.05, 0.1) is 18.9 Å². The molecule has 0 saturated heterocycles. The third-order valence-corrected chi connectivity index (χ3v) is 4.72. The third-order valence-electron chi connectivity index (χ3n) is 4.72. The van der Waals surface area contributed by atoms with Crippen molar-refractivity contribution in [2.75, 3.05) is 7.11 Å². The molecule has 1 atom stereocenters. The van der Waals surface area contributed by atoms with Gasteiger partial charge in [0.25, 0.3) is 0 Å². The quantitative estimate of drug-likeness (QED) is 0.699. The number of allylic oxidation sites excluding steroid dienone is 1. The van der Waals surface area contributed by atoms with Crippen molar-refractivity contribution in [2.45, 2.75) is 52.6 Å². The smallest absolute Gasteiger partial charge is 0.121 e. The van der Waals surface area contributed by atoms with Crippen molar-refractivity contribution in [3.8, 4) is 11.4 Å². The Morgan fingerprint density at radius 1 is 1.14 bits per heavy atom. The number of aliphatic hydroxyl groups excluding tert-OH is 1. The van der Waals surface area contributed by atoms with Crippen molar-refractivity contribution < 1.29 is 9.84 Å². The Morgan fingerprint density at radius 2 is 1.86 bits per heavy atom. The lowest BCUT2D eigenvalue weighted by Gasteiger charge is -2.26. The lowest BCUT2D eigenvalue weighted by atomic mass is 9.80. The average Bonchev–Trinajstić information content (AvgIpc) is 3.04. The molecule has 3 aromatic rings. The molecule has 1 heterocycles. The van der Waals surface area contributed by atoms with E-state index in [1.165, 1.54) is 5.56 Å². The van der Waals surface area contributed by atoms with Gasteiger partial charge in [0, 0.05) is 12.5 Å². The van der Waals surface area contributed by atoms with E-state index in [1.54, 1.807) is 11.9 Å². The van der Waals surface area contributed by atoms with Gasteiger partial charge in [-0.2, -0.15) is 4.80 Å². The van der Waals surface area contributed by atoms with Crippen LogP contribution < -0.4 is 4.74 Å². The summed E-state index contributed by atoms with van der Waals surface area (Å²) < 4.78 is 5.31. The zero-order valence-electron chi connectivity index (χ0n) is 17.5. The van der Waals surface area contributed by atoms with Crippen LogP contribution in [0.25, 0.3) is 22.8 Å². The van der Waals surface area contributed by atoms with Crippen molar-refractivity contribution in [1.29, 1.82) is 0 Å². The standard InChI is InChI=1S/C23H29N3O2/c1-7-8-16-12-19(23(3,4)5)18(11-15(2)27)22(13-16)26-24-20-10-9-17(28-6)14-21(20)25-26/h7-10,12-15,27H,11H2,1-6H3. The van der Waals surface area contributed by atoms with Crippen molar-refractivity contribution in [2.24, 2.45) is 0 Å². The third kappa shape index (κ3) is 4.09. The molecule has 5 nitrogen and oxygen atoms in total. The van der Waals surface area contributed by atoms with Gasteiger partial charge in [-0.1, -0.05) is 39.0 Å². The van der Waals surface area contributed by atoms with Gasteiger partial charge >= 0.3 is 0 Å². The fraction of sp³-hybridized carbons (Fsp3) is 0.391. The molecule has 0 fully saturated rings. The molecule has 148 valence electrons. The minimum atomic E-state index is -0.461. The summed E-state index contributed by atoms with van der Waals surface area (Å²) in [6, 6.07) is 9.96. The molecule has 1 unspecified atom stereocenters. The highest BCUT2D eigenvalue weighted by Crippen LogP contribution is 2.33. The van der Waals surface area contributed by atoms with Gasteiger partial charge in [-0.05, 0) is 54.2 Å². The summed E-state index contributed by atoms with van der Waals surface area (Å²) in [4.78, 5) is 1.68. The topological polar surface area (TPSA) is 60.2 Å².